The van der Waals surface area contributed by atoms with Crippen molar-refractivity contribution in [3.63, 3.8) is 0 Å². The number of ether oxygens (including phenoxy) is 1. The van der Waals surface area contributed by atoms with E-state index in [4.69, 9.17) is 16.3 Å². The van der Waals surface area contributed by atoms with Crippen molar-refractivity contribution in [1.29, 1.82) is 0 Å². The summed E-state index contributed by atoms with van der Waals surface area (Å²) in [6, 6.07) is 19.7. The Hall–Kier alpha value is -3.93. The third kappa shape index (κ3) is 4.62. The molecule has 7 atom stereocenters. The molecule has 0 radical (unpaired) electrons. The number of carbonyl (C=O) groups excluding carboxylic acids is 3. The van der Waals surface area contributed by atoms with Crippen LogP contribution >= 0.6 is 34.7 Å². The Labute approximate surface area is 269 Å². The first-order valence-electron chi connectivity index (χ1n) is 14.6. The zero-order chi connectivity index (χ0) is 31.0. The molecule has 8 rings (SSSR count). The van der Waals surface area contributed by atoms with Crippen LogP contribution < -0.4 is 19.8 Å². The molecule has 2 aliphatic heterocycles. The minimum atomic E-state index is -0.450. The minimum absolute atomic E-state index is 0.00995. The third-order valence-corrected chi connectivity index (χ3v) is 12.4. The van der Waals surface area contributed by atoms with Gasteiger partial charge in [-0.3, -0.25) is 24.1 Å². The topological polar surface area (TPSA) is 109 Å². The SMILES string of the molecule is O=C(COc1ccccc1[C@H]1c2sc(=O)[nH]c2SC2C1[C@H]1C[C@@H]2C2C(=O)N(c3ccc(Cl)cc3)C(=O)C21)Nc1ccc(F)cc1. The predicted octanol–water partition coefficient (Wildman–Crippen LogP) is 5.92. The quantitative estimate of drug-likeness (QED) is 0.248. The van der Waals surface area contributed by atoms with Gasteiger partial charge in [-0.1, -0.05) is 41.1 Å². The number of thioether (sulfide) groups is 1. The van der Waals surface area contributed by atoms with Crippen LogP contribution in [0.25, 0.3) is 0 Å². The van der Waals surface area contributed by atoms with Crippen LogP contribution in [-0.4, -0.2) is 34.6 Å². The molecule has 4 aliphatic rings. The smallest absolute Gasteiger partial charge is 0.305 e. The maximum absolute atomic E-state index is 14.0. The second-order valence-electron chi connectivity index (χ2n) is 11.8. The van der Waals surface area contributed by atoms with Gasteiger partial charge < -0.3 is 15.0 Å². The molecule has 3 amide bonds. The molecular formula is C33H25ClFN3O5S2. The van der Waals surface area contributed by atoms with Crippen molar-refractivity contribution in [2.75, 3.05) is 16.8 Å². The monoisotopic (exact) mass is 661 g/mol. The molecular weight excluding hydrogens is 637 g/mol. The van der Waals surface area contributed by atoms with Gasteiger partial charge in [0.05, 0.1) is 22.5 Å². The first-order chi connectivity index (χ1) is 21.8. The second-order valence-corrected chi connectivity index (χ2v) is 14.5. The number of aromatic nitrogens is 1. The number of hydrogen-bond acceptors (Lipinski definition) is 7. The average molecular weight is 662 g/mol. The number of imide groups is 1. The van der Waals surface area contributed by atoms with Gasteiger partial charge in [-0.2, -0.15) is 0 Å². The Kier molecular flexibility index (Phi) is 6.88. The van der Waals surface area contributed by atoms with E-state index in [9.17, 15) is 23.6 Å². The lowest BCUT2D eigenvalue weighted by atomic mass is 9.68. The number of thiazole rings is 1. The van der Waals surface area contributed by atoms with E-state index >= 15 is 0 Å². The molecule has 4 unspecified atom stereocenters. The molecule has 228 valence electrons. The summed E-state index contributed by atoms with van der Waals surface area (Å²) in [5.74, 6) is -1.92. The molecule has 0 spiro atoms. The predicted molar refractivity (Wildman–Crippen MR) is 169 cm³/mol. The molecule has 8 nitrogen and oxygen atoms in total. The standard InChI is InChI=1S/C33H25ClFN3O5S2/c34-15-5-11-18(12-6-15)38-31(40)26-20-13-21(27(26)32(38)41)28-25(20)24(29-30(44-28)37-33(42)45-29)19-3-1-2-4-22(19)43-14-23(39)36-17-9-7-16(35)8-10-17/h1-12,20-21,24-28H,13-14H2,(H,36,39)(H,37,42)/t20-,21-,24-,25?,26?,27?,28?/m1/s1. The van der Waals surface area contributed by atoms with E-state index in [1.807, 2.05) is 18.2 Å². The lowest BCUT2D eigenvalue weighted by molar-refractivity contribution is -0.123. The number of rotatable bonds is 6. The van der Waals surface area contributed by atoms with E-state index in [1.165, 1.54) is 29.2 Å². The molecule has 4 aromatic rings. The van der Waals surface area contributed by atoms with Crippen molar-refractivity contribution < 1.29 is 23.5 Å². The van der Waals surface area contributed by atoms with Crippen molar-refractivity contribution in [2.24, 2.45) is 29.6 Å². The molecule has 12 heteroatoms. The summed E-state index contributed by atoms with van der Waals surface area (Å²) < 4.78 is 19.4. The van der Waals surface area contributed by atoms with Crippen LogP contribution in [0, 0.1) is 35.4 Å². The number of aromatic amines is 1. The van der Waals surface area contributed by atoms with E-state index in [-0.39, 0.29) is 52.2 Å². The van der Waals surface area contributed by atoms with E-state index < -0.39 is 23.6 Å². The van der Waals surface area contributed by atoms with Gasteiger partial charge in [-0.15, -0.1) is 11.8 Å². The number of nitrogens with zero attached hydrogens (tertiary/aromatic N) is 1. The van der Waals surface area contributed by atoms with Crippen LogP contribution in [0.2, 0.25) is 5.02 Å². The Morgan fingerprint density at radius 1 is 0.978 bits per heavy atom. The second kappa shape index (κ2) is 10.9. The Morgan fingerprint density at radius 3 is 2.44 bits per heavy atom. The van der Waals surface area contributed by atoms with E-state index in [0.717, 1.165) is 33.2 Å². The first-order valence-corrected chi connectivity index (χ1v) is 16.7. The number of benzene rings is 3. The van der Waals surface area contributed by atoms with Crippen molar-refractivity contribution in [3.8, 4) is 5.75 Å². The largest absolute Gasteiger partial charge is 0.483 e. The normalized spacial score (nSPS) is 27.7. The number of nitrogens with one attached hydrogen (secondary N) is 2. The third-order valence-electron chi connectivity index (χ3n) is 9.55. The molecule has 2 aliphatic carbocycles. The lowest BCUT2D eigenvalue weighted by Gasteiger charge is -2.43. The number of carbonyl (C=O) groups is 3. The first kappa shape index (κ1) is 28.5. The van der Waals surface area contributed by atoms with Crippen molar-refractivity contribution >= 4 is 63.8 Å². The van der Waals surface area contributed by atoms with Crippen molar-refractivity contribution in [2.45, 2.75) is 22.6 Å². The van der Waals surface area contributed by atoms with Crippen LogP contribution in [-0.2, 0) is 14.4 Å². The zero-order valence-electron chi connectivity index (χ0n) is 23.4. The van der Waals surface area contributed by atoms with E-state index in [2.05, 4.69) is 10.3 Å². The fraction of sp³-hybridized carbons (Fsp3) is 0.273. The number of hydrogen-bond donors (Lipinski definition) is 2. The fourth-order valence-corrected chi connectivity index (χ4v) is 11.0. The fourth-order valence-electron chi connectivity index (χ4n) is 7.95. The molecule has 2 bridgehead atoms. The molecule has 3 fully saturated rings. The summed E-state index contributed by atoms with van der Waals surface area (Å²) in [7, 11) is 0. The maximum atomic E-state index is 14.0. The summed E-state index contributed by atoms with van der Waals surface area (Å²) >= 11 is 8.85. The summed E-state index contributed by atoms with van der Waals surface area (Å²) in [4.78, 5) is 58.3. The van der Waals surface area contributed by atoms with E-state index in [1.54, 1.807) is 42.1 Å². The molecule has 1 aromatic heterocycles. The highest BCUT2D eigenvalue weighted by Gasteiger charge is 2.69. The van der Waals surface area contributed by atoms with Gasteiger partial charge in [-0.05, 0) is 78.8 Å². The van der Waals surface area contributed by atoms with Gasteiger partial charge in [-0.25, -0.2) is 4.39 Å². The van der Waals surface area contributed by atoms with Crippen LogP contribution in [0.3, 0.4) is 0 Å². The highest BCUT2D eigenvalue weighted by atomic mass is 35.5. The molecule has 2 saturated carbocycles. The molecule has 2 N–H and O–H groups in total. The molecule has 3 aromatic carbocycles. The summed E-state index contributed by atoms with van der Waals surface area (Å²) in [6.07, 6.45) is 0.752. The Morgan fingerprint density at radius 2 is 1.69 bits per heavy atom. The maximum Gasteiger partial charge on any atom is 0.305 e. The van der Waals surface area contributed by atoms with Crippen LogP contribution in [0.15, 0.2) is 82.6 Å². The van der Waals surface area contributed by atoms with E-state index in [0.29, 0.717) is 22.1 Å². The number of H-pyrrole nitrogens is 1. The molecule has 1 saturated heterocycles. The summed E-state index contributed by atoms with van der Waals surface area (Å²) in [5.41, 5.74) is 1.80. The van der Waals surface area contributed by atoms with Gasteiger partial charge in [0.15, 0.2) is 6.61 Å². The molecule has 45 heavy (non-hydrogen) atoms. The number of anilines is 2. The Balaban J connectivity index is 1.12. The molecule has 3 heterocycles. The highest BCUT2D eigenvalue weighted by Crippen LogP contribution is 2.69. The van der Waals surface area contributed by atoms with Gasteiger partial charge in [0.25, 0.3) is 5.91 Å². The van der Waals surface area contributed by atoms with Gasteiger partial charge in [0.2, 0.25) is 11.8 Å². The van der Waals surface area contributed by atoms with Crippen molar-refractivity contribution in [1.82, 2.24) is 4.98 Å². The summed E-state index contributed by atoms with van der Waals surface area (Å²) in [6.45, 7) is -0.278. The number of halogens is 2. The van der Waals surface area contributed by atoms with Crippen LogP contribution in [0.5, 0.6) is 5.75 Å². The van der Waals surface area contributed by atoms with Gasteiger partial charge >= 0.3 is 4.87 Å². The van der Waals surface area contributed by atoms with Gasteiger partial charge in [0, 0.05) is 32.3 Å². The Bertz CT molecular complexity index is 1910. The highest BCUT2D eigenvalue weighted by molar-refractivity contribution is 8.00. The average Bonchev–Trinajstić information content (AvgIpc) is 3.77. The number of amides is 3. The van der Waals surface area contributed by atoms with Crippen LogP contribution in [0.1, 0.15) is 22.8 Å². The van der Waals surface area contributed by atoms with Crippen LogP contribution in [0.4, 0.5) is 15.8 Å². The number of para-hydroxylation sites is 1. The zero-order valence-corrected chi connectivity index (χ0v) is 25.8. The lowest BCUT2D eigenvalue weighted by Crippen LogP contribution is -2.42. The van der Waals surface area contributed by atoms with Gasteiger partial charge in [0.1, 0.15) is 11.6 Å². The number of fused-ring (bicyclic) bond motifs is 9. The van der Waals surface area contributed by atoms with Crippen molar-refractivity contribution in [3.05, 3.63) is 104 Å². The summed E-state index contributed by atoms with van der Waals surface area (Å²) in [5, 5.41) is 4.03. The minimum Gasteiger partial charge on any atom is -0.483 e.